The summed E-state index contributed by atoms with van der Waals surface area (Å²) in [6, 6.07) is 13.4. The summed E-state index contributed by atoms with van der Waals surface area (Å²) in [6.45, 7) is 3.40. The van der Waals surface area contributed by atoms with E-state index in [0.29, 0.717) is 48.8 Å². The van der Waals surface area contributed by atoms with Crippen LogP contribution in [0.5, 0.6) is 11.5 Å². The lowest BCUT2D eigenvalue weighted by Crippen LogP contribution is -2.31. The van der Waals surface area contributed by atoms with E-state index in [1.165, 1.54) is 12.0 Å². The lowest BCUT2D eigenvalue weighted by atomic mass is 9.95. The van der Waals surface area contributed by atoms with Crippen molar-refractivity contribution in [2.45, 2.75) is 25.8 Å². The highest BCUT2D eigenvalue weighted by Crippen LogP contribution is 2.41. The molecule has 32 heavy (non-hydrogen) atoms. The first-order chi connectivity index (χ1) is 15.5. The molecule has 1 saturated heterocycles. The minimum absolute atomic E-state index is 0.0409. The summed E-state index contributed by atoms with van der Waals surface area (Å²) in [7, 11) is 3.07. The zero-order valence-corrected chi connectivity index (χ0v) is 18.7. The van der Waals surface area contributed by atoms with Gasteiger partial charge in [-0.3, -0.25) is 9.59 Å². The molecule has 0 saturated carbocycles. The van der Waals surface area contributed by atoms with Gasteiger partial charge in [0.25, 0.3) is 11.7 Å². The first kappa shape index (κ1) is 23.3. The number of ketones is 1. The van der Waals surface area contributed by atoms with Crippen molar-refractivity contribution in [2.75, 3.05) is 34.0 Å². The van der Waals surface area contributed by atoms with Crippen LogP contribution in [0.2, 0.25) is 0 Å². The topological polar surface area (TPSA) is 85.3 Å². The van der Waals surface area contributed by atoms with Crippen molar-refractivity contribution in [2.24, 2.45) is 0 Å². The van der Waals surface area contributed by atoms with Gasteiger partial charge in [-0.15, -0.1) is 0 Å². The molecule has 0 aromatic heterocycles. The summed E-state index contributed by atoms with van der Waals surface area (Å²) < 4.78 is 16.1. The molecule has 170 valence electrons. The average molecular weight is 440 g/mol. The van der Waals surface area contributed by atoms with Gasteiger partial charge in [-0.2, -0.15) is 0 Å². The zero-order valence-electron chi connectivity index (χ0n) is 18.7. The Labute approximate surface area is 188 Å². The number of benzene rings is 2. The number of methoxy groups -OCH3 is 2. The lowest BCUT2D eigenvalue weighted by molar-refractivity contribution is -0.140. The van der Waals surface area contributed by atoms with Crippen LogP contribution >= 0.6 is 0 Å². The largest absolute Gasteiger partial charge is 0.507 e. The fraction of sp³-hybridized carbons (Fsp3) is 0.360. The molecule has 7 nitrogen and oxygen atoms in total. The molecule has 1 aliphatic rings. The molecule has 0 aliphatic carbocycles. The quantitative estimate of drug-likeness (QED) is 0.261. The van der Waals surface area contributed by atoms with Crippen LogP contribution in [-0.2, 0) is 14.3 Å². The van der Waals surface area contributed by atoms with Crippen LogP contribution in [0.3, 0.4) is 0 Å². The summed E-state index contributed by atoms with van der Waals surface area (Å²) in [4.78, 5) is 27.5. The van der Waals surface area contributed by atoms with Gasteiger partial charge in [0.15, 0.2) is 0 Å². The number of aliphatic hydroxyl groups is 1. The Morgan fingerprint density at radius 2 is 1.75 bits per heavy atom. The molecule has 1 aliphatic heterocycles. The fourth-order valence-electron chi connectivity index (χ4n) is 3.79. The molecule has 0 spiro atoms. The summed E-state index contributed by atoms with van der Waals surface area (Å²) in [5.74, 6) is -0.503. The predicted octanol–water partition coefficient (Wildman–Crippen LogP) is 3.94. The maximum absolute atomic E-state index is 13.0. The van der Waals surface area contributed by atoms with Crippen molar-refractivity contribution in [1.82, 2.24) is 4.90 Å². The van der Waals surface area contributed by atoms with Crippen molar-refractivity contribution < 1.29 is 28.9 Å². The Balaban J connectivity index is 2.09. The number of para-hydroxylation sites is 1. The van der Waals surface area contributed by atoms with E-state index in [-0.39, 0.29) is 11.3 Å². The number of Topliss-reactive ketones (excluding diaryl/α,β-unsaturated/α-hetero) is 1. The van der Waals surface area contributed by atoms with Crippen LogP contribution in [0.4, 0.5) is 0 Å². The van der Waals surface area contributed by atoms with Crippen LogP contribution in [0, 0.1) is 0 Å². The first-order valence-electron chi connectivity index (χ1n) is 10.7. The highest BCUT2D eigenvalue weighted by Gasteiger charge is 2.46. The second-order valence-electron chi connectivity index (χ2n) is 7.46. The molecular formula is C25H29NO6. The molecule has 0 bridgehead atoms. The van der Waals surface area contributed by atoms with Gasteiger partial charge in [0.05, 0.1) is 30.9 Å². The molecule has 1 atom stereocenters. The van der Waals surface area contributed by atoms with Crippen LogP contribution < -0.4 is 9.47 Å². The summed E-state index contributed by atoms with van der Waals surface area (Å²) in [5, 5.41) is 11.2. The molecule has 1 unspecified atom stereocenters. The number of rotatable bonds is 10. The lowest BCUT2D eigenvalue weighted by Gasteiger charge is -2.25. The van der Waals surface area contributed by atoms with Crippen molar-refractivity contribution >= 4 is 17.4 Å². The monoisotopic (exact) mass is 439 g/mol. The van der Waals surface area contributed by atoms with Gasteiger partial charge in [-0.1, -0.05) is 31.2 Å². The van der Waals surface area contributed by atoms with E-state index in [9.17, 15) is 14.7 Å². The number of amides is 1. The number of hydrogen-bond acceptors (Lipinski definition) is 6. The predicted molar refractivity (Wildman–Crippen MR) is 121 cm³/mol. The number of ether oxygens (including phenoxy) is 3. The third-order valence-corrected chi connectivity index (χ3v) is 5.32. The SMILES string of the molecule is CCCOc1ccc(C2/C(=C(/O)c3ccccc3OC)C(=O)C(=O)N2CCCOC)cc1. The number of aliphatic hydroxyl groups excluding tert-OH is 1. The van der Waals surface area contributed by atoms with Gasteiger partial charge in [-0.05, 0) is 42.7 Å². The van der Waals surface area contributed by atoms with E-state index in [2.05, 4.69) is 0 Å². The number of likely N-dealkylation sites (tertiary alicyclic amines) is 1. The summed E-state index contributed by atoms with van der Waals surface area (Å²) >= 11 is 0. The Morgan fingerprint density at radius 1 is 1.03 bits per heavy atom. The maximum Gasteiger partial charge on any atom is 0.295 e. The van der Waals surface area contributed by atoms with E-state index in [1.807, 2.05) is 31.2 Å². The van der Waals surface area contributed by atoms with Gasteiger partial charge < -0.3 is 24.2 Å². The second kappa shape index (κ2) is 10.8. The molecule has 2 aromatic carbocycles. The Bertz CT molecular complexity index is 982. The average Bonchev–Trinajstić information content (AvgIpc) is 3.07. The van der Waals surface area contributed by atoms with Crippen molar-refractivity contribution in [3.8, 4) is 11.5 Å². The van der Waals surface area contributed by atoms with Crippen LogP contribution in [0.25, 0.3) is 5.76 Å². The minimum Gasteiger partial charge on any atom is -0.507 e. The molecule has 7 heteroatoms. The van der Waals surface area contributed by atoms with E-state index in [4.69, 9.17) is 14.2 Å². The van der Waals surface area contributed by atoms with Crippen LogP contribution in [0.15, 0.2) is 54.1 Å². The normalized spacial score (nSPS) is 17.6. The van der Waals surface area contributed by atoms with E-state index in [0.717, 1.165) is 6.42 Å². The van der Waals surface area contributed by atoms with Gasteiger partial charge >= 0.3 is 0 Å². The molecule has 1 fully saturated rings. The van der Waals surface area contributed by atoms with Gasteiger partial charge in [0.1, 0.15) is 17.3 Å². The number of carbonyl (C=O) groups excluding carboxylic acids is 2. The first-order valence-corrected chi connectivity index (χ1v) is 10.7. The van der Waals surface area contributed by atoms with Crippen molar-refractivity contribution in [3.05, 3.63) is 65.2 Å². The standard InChI is InChI=1S/C25H29NO6/c1-4-15-32-18-12-10-17(11-13-18)22-21(23(27)19-8-5-6-9-20(19)31-3)24(28)25(29)26(22)14-7-16-30-2/h5-6,8-13,22,27H,4,7,14-16H2,1-3H3/b23-21-. The Morgan fingerprint density at radius 3 is 2.41 bits per heavy atom. The van der Waals surface area contributed by atoms with Gasteiger partial charge in [0.2, 0.25) is 0 Å². The molecule has 1 N–H and O–H groups in total. The number of carbonyl (C=O) groups is 2. The zero-order chi connectivity index (χ0) is 23.1. The fourth-order valence-corrected chi connectivity index (χ4v) is 3.79. The number of nitrogens with zero attached hydrogens (tertiary/aromatic N) is 1. The van der Waals surface area contributed by atoms with Gasteiger partial charge in [-0.25, -0.2) is 0 Å². The summed E-state index contributed by atoms with van der Waals surface area (Å²) in [5.41, 5.74) is 1.11. The second-order valence-corrected chi connectivity index (χ2v) is 7.46. The van der Waals surface area contributed by atoms with E-state index >= 15 is 0 Å². The van der Waals surface area contributed by atoms with Crippen molar-refractivity contribution in [1.29, 1.82) is 0 Å². The number of hydrogen-bond donors (Lipinski definition) is 1. The van der Waals surface area contributed by atoms with E-state index in [1.54, 1.807) is 31.4 Å². The third kappa shape index (κ3) is 4.78. The summed E-state index contributed by atoms with van der Waals surface area (Å²) in [6.07, 6.45) is 1.45. The molecule has 3 rings (SSSR count). The Kier molecular flexibility index (Phi) is 7.89. The van der Waals surface area contributed by atoms with Crippen LogP contribution in [0.1, 0.15) is 36.9 Å². The minimum atomic E-state index is -0.725. The molecular weight excluding hydrogens is 410 g/mol. The molecule has 0 radical (unpaired) electrons. The Hall–Kier alpha value is -3.32. The maximum atomic E-state index is 13.0. The van der Waals surface area contributed by atoms with Crippen molar-refractivity contribution in [3.63, 3.8) is 0 Å². The smallest absolute Gasteiger partial charge is 0.295 e. The highest BCUT2D eigenvalue weighted by atomic mass is 16.5. The molecule has 1 amide bonds. The van der Waals surface area contributed by atoms with E-state index < -0.39 is 17.7 Å². The third-order valence-electron chi connectivity index (χ3n) is 5.32. The highest BCUT2D eigenvalue weighted by molar-refractivity contribution is 6.46. The van der Waals surface area contributed by atoms with Crippen LogP contribution in [-0.4, -0.2) is 55.7 Å². The molecule has 2 aromatic rings. The van der Waals surface area contributed by atoms with Gasteiger partial charge in [0, 0.05) is 20.3 Å². The molecule has 1 heterocycles.